The van der Waals surface area contributed by atoms with E-state index in [0.717, 1.165) is 67.4 Å². The van der Waals surface area contributed by atoms with Gasteiger partial charge in [0, 0.05) is 0 Å². The summed E-state index contributed by atoms with van der Waals surface area (Å²) in [7, 11) is 0. The summed E-state index contributed by atoms with van der Waals surface area (Å²) in [6.07, 6.45) is 27.8. The Morgan fingerprint density at radius 3 is 1.65 bits per heavy atom. The van der Waals surface area contributed by atoms with Crippen LogP contribution >= 0.6 is 0 Å². The molecule has 5 nitrogen and oxygen atoms in total. The van der Waals surface area contributed by atoms with Crippen LogP contribution in [0.15, 0.2) is 48.5 Å². The second kappa shape index (κ2) is 25.2. The third-order valence-corrected chi connectivity index (χ3v) is 11.2. The Labute approximate surface area is 311 Å². The summed E-state index contributed by atoms with van der Waals surface area (Å²) in [6, 6.07) is 16.0. The second-order valence-corrected chi connectivity index (χ2v) is 15.3. The molecule has 5 heteroatoms. The van der Waals surface area contributed by atoms with E-state index in [1.54, 1.807) is 0 Å². The van der Waals surface area contributed by atoms with Crippen LogP contribution in [0.5, 0.6) is 5.75 Å². The van der Waals surface area contributed by atoms with Crippen molar-refractivity contribution in [1.82, 2.24) is 0 Å². The highest BCUT2D eigenvalue weighted by Gasteiger charge is 2.52. The molecule has 286 valence electrons. The maximum absolute atomic E-state index is 14.1. The van der Waals surface area contributed by atoms with E-state index in [-0.39, 0.29) is 12.4 Å². The van der Waals surface area contributed by atoms with Crippen LogP contribution in [0.2, 0.25) is 0 Å². The molecule has 1 unspecified atom stereocenters. The largest absolute Gasteiger partial charge is 0.494 e. The van der Waals surface area contributed by atoms with E-state index in [1.807, 2.05) is 48.5 Å². The fourth-order valence-corrected chi connectivity index (χ4v) is 8.03. The molecule has 3 rings (SSSR count). The molecule has 2 atom stereocenters. The normalized spacial score (nSPS) is 17.0. The Morgan fingerprint density at radius 1 is 0.667 bits per heavy atom. The van der Waals surface area contributed by atoms with Crippen molar-refractivity contribution in [2.45, 2.75) is 193 Å². The van der Waals surface area contributed by atoms with Gasteiger partial charge in [-0.2, -0.15) is 0 Å². The highest BCUT2D eigenvalue weighted by Crippen LogP contribution is 2.47. The molecule has 2 aromatic rings. The van der Waals surface area contributed by atoms with Gasteiger partial charge in [0.1, 0.15) is 11.4 Å². The van der Waals surface area contributed by atoms with Gasteiger partial charge in [0.05, 0.1) is 18.4 Å². The van der Waals surface area contributed by atoms with E-state index in [4.69, 9.17) is 9.47 Å². The number of benzene rings is 2. The fourth-order valence-electron chi connectivity index (χ4n) is 8.03. The van der Waals surface area contributed by atoms with Crippen LogP contribution in [0.3, 0.4) is 0 Å². The van der Waals surface area contributed by atoms with Gasteiger partial charge >= 0.3 is 11.9 Å². The Hall–Kier alpha value is -2.82. The lowest BCUT2D eigenvalue weighted by molar-refractivity contribution is -0.190. The maximum atomic E-state index is 14.1. The van der Waals surface area contributed by atoms with Gasteiger partial charge in [0.2, 0.25) is 0 Å². The standard InChI is InChI=1S/C46H72O5/c1-4-7-10-13-16-18-20-25-34-46(35-26-21-19-17-14-11-8-5-2)43(44(47)48)37-42(45(49)51-46)41-29-24-23-28-40(41)38-30-32-39(33-31-38)50-36-27-22-15-12-9-6-3/h23-24,28-33,42-43H,4-22,25-27,34-37H2,1-3H3,(H,47,48)/t42?,43-/m1/s1. The maximum Gasteiger partial charge on any atom is 0.314 e. The number of carbonyl (C=O) groups is 2. The molecule has 0 radical (unpaired) electrons. The molecule has 0 aliphatic carbocycles. The number of hydrogen-bond donors (Lipinski definition) is 1. The summed E-state index contributed by atoms with van der Waals surface area (Å²) < 4.78 is 12.5. The van der Waals surface area contributed by atoms with Crippen molar-refractivity contribution in [3.05, 3.63) is 54.1 Å². The lowest BCUT2D eigenvalue weighted by Gasteiger charge is -2.44. The number of hydrogen-bond acceptors (Lipinski definition) is 4. The number of ether oxygens (including phenoxy) is 2. The van der Waals surface area contributed by atoms with Crippen LogP contribution < -0.4 is 4.74 Å². The number of carboxylic acids is 1. The lowest BCUT2D eigenvalue weighted by Crippen LogP contribution is -2.52. The molecule has 1 aliphatic heterocycles. The molecule has 0 saturated carbocycles. The summed E-state index contributed by atoms with van der Waals surface area (Å²) in [6.45, 7) is 7.43. The number of rotatable bonds is 29. The van der Waals surface area contributed by atoms with Crippen LogP contribution in [0.4, 0.5) is 0 Å². The number of esters is 1. The van der Waals surface area contributed by atoms with Crippen LogP contribution in [0.25, 0.3) is 11.1 Å². The van der Waals surface area contributed by atoms with Gasteiger partial charge in [-0.25, -0.2) is 0 Å². The van der Waals surface area contributed by atoms with Gasteiger partial charge in [-0.05, 0) is 67.3 Å². The van der Waals surface area contributed by atoms with E-state index < -0.39 is 23.4 Å². The van der Waals surface area contributed by atoms with Gasteiger partial charge < -0.3 is 14.6 Å². The van der Waals surface area contributed by atoms with E-state index in [1.165, 1.54) is 96.3 Å². The predicted octanol–water partition coefficient (Wildman–Crippen LogP) is 13.6. The summed E-state index contributed by atoms with van der Waals surface area (Å²) in [5.41, 5.74) is 1.85. The fraction of sp³-hybridized carbons (Fsp3) is 0.696. The van der Waals surface area contributed by atoms with E-state index >= 15 is 0 Å². The zero-order valence-corrected chi connectivity index (χ0v) is 32.7. The van der Waals surface area contributed by atoms with Crippen molar-refractivity contribution in [3.8, 4) is 16.9 Å². The van der Waals surface area contributed by atoms with Crippen LogP contribution in [0, 0.1) is 5.92 Å². The van der Waals surface area contributed by atoms with Crippen molar-refractivity contribution in [2.24, 2.45) is 5.92 Å². The molecule has 0 aromatic heterocycles. The van der Waals surface area contributed by atoms with Crippen molar-refractivity contribution < 1.29 is 24.2 Å². The van der Waals surface area contributed by atoms with Crippen molar-refractivity contribution in [3.63, 3.8) is 0 Å². The number of aliphatic carboxylic acids is 1. The molecule has 1 saturated heterocycles. The van der Waals surface area contributed by atoms with E-state index in [0.29, 0.717) is 19.4 Å². The highest BCUT2D eigenvalue weighted by atomic mass is 16.6. The van der Waals surface area contributed by atoms with Crippen molar-refractivity contribution in [2.75, 3.05) is 6.61 Å². The molecule has 1 fully saturated rings. The molecular weight excluding hydrogens is 633 g/mol. The lowest BCUT2D eigenvalue weighted by atomic mass is 9.70. The molecule has 1 N–H and O–H groups in total. The van der Waals surface area contributed by atoms with Gasteiger partial charge in [-0.3, -0.25) is 9.59 Å². The first kappa shape index (κ1) is 42.6. The first-order chi connectivity index (χ1) is 25.0. The molecule has 0 spiro atoms. The first-order valence-electron chi connectivity index (χ1n) is 21.2. The molecule has 0 amide bonds. The summed E-state index contributed by atoms with van der Waals surface area (Å²) in [4.78, 5) is 27.2. The van der Waals surface area contributed by atoms with Crippen molar-refractivity contribution in [1.29, 1.82) is 0 Å². The topological polar surface area (TPSA) is 72.8 Å². The molecule has 51 heavy (non-hydrogen) atoms. The van der Waals surface area contributed by atoms with Crippen molar-refractivity contribution >= 4 is 11.9 Å². The quantitative estimate of drug-likeness (QED) is 0.0674. The zero-order chi connectivity index (χ0) is 36.6. The zero-order valence-electron chi connectivity index (χ0n) is 32.7. The minimum atomic E-state index is -0.937. The Morgan fingerprint density at radius 2 is 1.14 bits per heavy atom. The minimum Gasteiger partial charge on any atom is -0.494 e. The second-order valence-electron chi connectivity index (χ2n) is 15.3. The molecule has 2 aromatic carbocycles. The molecular formula is C46H72O5. The third-order valence-electron chi connectivity index (χ3n) is 11.2. The molecule has 1 aliphatic rings. The number of carbonyl (C=O) groups excluding carboxylic acids is 1. The monoisotopic (exact) mass is 705 g/mol. The summed E-state index contributed by atoms with van der Waals surface area (Å²) in [5, 5.41) is 10.7. The van der Waals surface area contributed by atoms with Gasteiger partial charge in [0.15, 0.2) is 0 Å². The summed E-state index contributed by atoms with van der Waals surface area (Å²) >= 11 is 0. The van der Waals surface area contributed by atoms with E-state index in [2.05, 4.69) is 20.8 Å². The van der Waals surface area contributed by atoms with Crippen LogP contribution in [-0.4, -0.2) is 29.3 Å². The average Bonchev–Trinajstić information content (AvgIpc) is 3.14. The molecule has 1 heterocycles. The first-order valence-corrected chi connectivity index (χ1v) is 21.2. The third kappa shape index (κ3) is 15.0. The van der Waals surface area contributed by atoms with E-state index in [9.17, 15) is 14.7 Å². The Balaban J connectivity index is 1.70. The number of unbranched alkanes of at least 4 members (excludes halogenated alkanes) is 19. The molecule has 0 bridgehead atoms. The smallest absolute Gasteiger partial charge is 0.314 e. The number of carboxylic acid groups (broad SMARTS) is 1. The Bertz CT molecular complexity index is 1200. The van der Waals surface area contributed by atoms with Gasteiger partial charge in [0.25, 0.3) is 0 Å². The number of cyclic esters (lactones) is 1. The predicted molar refractivity (Wildman–Crippen MR) is 213 cm³/mol. The summed E-state index contributed by atoms with van der Waals surface area (Å²) in [5.74, 6) is -1.59. The van der Waals surface area contributed by atoms with Crippen LogP contribution in [-0.2, 0) is 14.3 Å². The van der Waals surface area contributed by atoms with Crippen LogP contribution in [0.1, 0.15) is 193 Å². The highest BCUT2D eigenvalue weighted by molar-refractivity contribution is 5.86. The SMILES string of the molecule is CCCCCCCCCCC1(CCCCCCCCCC)OC(=O)C(c2ccccc2-c2ccc(OCCCCCCCC)cc2)C[C@@H]1C(=O)O. The van der Waals surface area contributed by atoms with Gasteiger partial charge in [-0.15, -0.1) is 0 Å². The average molecular weight is 705 g/mol. The van der Waals surface area contributed by atoms with Gasteiger partial charge in [-0.1, -0.05) is 179 Å². The minimum absolute atomic E-state index is 0.266. The Kier molecular flexibility index (Phi) is 21.1.